The van der Waals surface area contributed by atoms with Gasteiger partial charge in [0.15, 0.2) is 0 Å². The minimum absolute atomic E-state index is 0.407. The molecule has 1 aliphatic heterocycles. The highest BCUT2D eigenvalue weighted by molar-refractivity contribution is 9.09. The van der Waals surface area contributed by atoms with E-state index in [2.05, 4.69) is 20.8 Å². The van der Waals surface area contributed by atoms with Crippen LogP contribution in [0.3, 0.4) is 0 Å². The average molecular weight is 260 g/mol. The molecule has 2 aliphatic rings. The van der Waals surface area contributed by atoms with Gasteiger partial charge in [0.2, 0.25) is 5.91 Å². The minimum atomic E-state index is 0.407. The van der Waals surface area contributed by atoms with E-state index in [1.165, 1.54) is 25.7 Å². The molecule has 0 N–H and O–H groups in total. The molecule has 2 fully saturated rings. The fourth-order valence-corrected chi connectivity index (χ4v) is 2.79. The summed E-state index contributed by atoms with van der Waals surface area (Å²) >= 11 is 3.46. The molecular formula is C11H18BrNO. The highest BCUT2D eigenvalue weighted by Crippen LogP contribution is 2.33. The van der Waals surface area contributed by atoms with Crippen LogP contribution in [-0.4, -0.2) is 29.2 Å². The zero-order valence-electron chi connectivity index (χ0n) is 8.54. The van der Waals surface area contributed by atoms with Crippen LogP contribution in [-0.2, 0) is 4.79 Å². The van der Waals surface area contributed by atoms with Crippen LogP contribution in [0.1, 0.15) is 32.1 Å². The number of carbonyl (C=O) groups excluding carboxylic acids is 1. The van der Waals surface area contributed by atoms with Crippen molar-refractivity contribution < 1.29 is 4.79 Å². The van der Waals surface area contributed by atoms with Gasteiger partial charge >= 0.3 is 0 Å². The summed E-state index contributed by atoms with van der Waals surface area (Å²) in [4.78, 5) is 13.8. The van der Waals surface area contributed by atoms with Gasteiger partial charge in [0.1, 0.15) is 0 Å². The van der Waals surface area contributed by atoms with Gasteiger partial charge in [-0.25, -0.2) is 0 Å². The predicted octanol–water partition coefficient (Wildman–Crippen LogP) is 2.42. The highest BCUT2D eigenvalue weighted by Gasteiger charge is 2.30. The molecule has 0 bridgehead atoms. The second-order valence-electron chi connectivity index (χ2n) is 4.62. The predicted molar refractivity (Wildman–Crippen MR) is 60.4 cm³/mol. The topological polar surface area (TPSA) is 20.3 Å². The second kappa shape index (κ2) is 4.65. The number of amides is 1. The van der Waals surface area contributed by atoms with Crippen molar-refractivity contribution >= 4 is 21.8 Å². The Balaban J connectivity index is 1.73. The largest absolute Gasteiger partial charge is 0.342 e. The van der Waals surface area contributed by atoms with E-state index >= 15 is 0 Å². The SMILES string of the molecule is O=C(CC1CC1)N1CCC(CCBr)C1. The maximum Gasteiger partial charge on any atom is 0.222 e. The summed E-state index contributed by atoms with van der Waals surface area (Å²) in [5.74, 6) is 1.89. The Kier molecular flexibility index (Phi) is 3.47. The molecular weight excluding hydrogens is 242 g/mol. The summed E-state index contributed by atoms with van der Waals surface area (Å²) in [6.07, 6.45) is 5.81. The molecule has 2 nitrogen and oxygen atoms in total. The number of nitrogens with zero attached hydrogens (tertiary/aromatic N) is 1. The van der Waals surface area contributed by atoms with Crippen LogP contribution in [0, 0.1) is 11.8 Å². The van der Waals surface area contributed by atoms with Crippen molar-refractivity contribution in [3.05, 3.63) is 0 Å². The van der Waals surface area contributed by atoms with Gasteiger partial charge in [0.05, 0.1) is 0 Å². The molecule has 1 amide bonds. The lowest BCUT2D eigenvalue weighted by Crippen LogP contribution is -2.28. The molecule has 3 heteroatoms. The first kappa shape index (κ1) is 10.5. The van der Waals surface area contributed by atoms with Gasteiger partial charge in [-0.15, -0.1) is 0 Å². The van der Waals surface area contributed by atoms with E-state index in [0.717, 1.165) is 36.7 Å². The molecule has 14 heavy (non-hydrogen) atoms. The molecule has 80 valence electrons. The molecule has 0 radical (unpaired) electrons. The third-order valence-electron chi connectivity index (χ3n) is 3.32. The van der Waals surface area contributed by atoms with Crippen molar-refractivity contribution in [3.63, 3.8) is 0 Å². The fraction of sp³-hybridized carbons (Fsp3) is 0.909. The molecule has 0 spiro atoms. The molecule has 0 aromatic carbocycles. The zero-order chi connectivity index (χ0) is 9.97. The van der Waals surface area contributed by atoms with Crippen LogP contribution >= 0.6 is 15.9 Å². The van der Waals surface area contributed by atoms with E-state index in [4.69, 9.17) is 0 Å². The van der Waals surface area contributed by atoms with Crippen LogP contribution in [0.15, 0.2) is 0 Å². The number of likely N-dealkylation sites (tertiary alicyclic amines) is 1. The van der Waals surface area contributed by atoms with E-state index < -0.39 is 0 Å². The van der Waals surface area contributed by atoms with Crippen LogP contribution in [0.2, 0.25) is 0 Å². The smallest absolute Gasteiger partial charge is 0.222 e. The Morgan fingerprint density at radius 1 is 1.29 bits per heavy atom. The van der Waals surface area contributed by atoms with Crippen molar-refractivity contribution in [1.29, 1.82) is 0 Å². The van der Waals surface area contributed by atoms with E-state index in [-0.39, 0.29) is 0 Å². The van der Waals surface area contributed by atoms with Gasteiger partial charge in [0.25, 0.3) is 0 Å². The minimum Gasteiger partial charge on any atom is -0.342 e. The van der Waals surface area contributed by atoms with Gasteiger partial charge < -0.3 is 4.90 Å². The number of halogens is 1. The summed E-state index contributed by atoms with van der Waals surface area (Å²) in [5, 5.41) is 1.07. The summed E-state index contributed by atoms with van der Waals surface area (Å²) in [6, 6.07) is 0. The summed E-state index contributed by atoms with van der Waals surface area (Å²) in [5.41, 5.74) is 0. The molecule has 1 saturated carbocycles. The summed E-state index contributed by atoms with van der Waals surface area (Å²) < 4.78 is 0. The average Bonchev–Trinajstić information content (AvgIpc) is 2.83. The molecule has 0 aromatic rings. The second-order valence-corrected chi connectivity index (χ2v) is 5.41. The number of rotatable bonds is 4. The normalized spacial score (nSPS) is 26.9. The van der Waals surface area contributed by atoms with Crippen molar-refractivity contribution in [2.24, 2.45) is 11.8 Å². The van der Waals surface area contributed by atoms with E-state index in [0.29, 0.717) is 5.91 Å². The first-order valence-corrected chi connectivity index (χ1v) is 6.75. The Labute approximate surface area is 94.2 Å². The van der Waals surface area contributed by atoms with E-state index in [1.54, 1.807) is 0 Å². The van der Waals surface area contributed by atoms with Crippen LogP contribution in [0.4, 0.5) is 0 Å². The Hall–Kier alpha value is -0.0500. The Bertz CT molecular complexity index is 215. The number of alkyl halides is 1. The standard InChI is InChI=1S/C11H18BrNO/c12-5-3-10-4-6-13(8-10)11(14)7-9-1-2-9/h9-10H,1-8H2. The van der Waals surface area contributed by atoms with Crippen molar-refractivity contribution in [3.8, 4) is 0 Å². The molecule has 1 aliphatic carbocycles. The lowest BCUT2D eigenvalue weighted by atomic mass is 10.1. The number of hydrogen-bond donors (Lipinski definition) is 0. The maximum atomic E-state index is 11.8. The zero-order valence-corrected chi connectivity index (χ0v) is 10.1. The molecule has 0 aromatic heterocycles. The van der Waals surface area contributed by atoms with E-state index in [9.17, 15) is 4.79 Å². The molecule has 2 rings (SSSR count). The maximum absolute atomic E-state index is 11.8. The fourth-order valence-electron chi connectivity index (χ4n) is 2.15. The van der Waals surface area contributed by atoms with Crippen molar-refractivity contribution in [1.82, 2.24) is 4.90 Å². The van der Waals surface area contributed by atoms with Gasteiger partial charge in [0, 0.05) is 24.8 Å². The van der Waals surface area contributed by atoms with Crippen LogP contribution in [0.25, 0.3) is 0 Å². The molecule has 1 saturated heterocycles. The lowest BCUT2D eigenvalue weighted by Gasteiger charge is -2.16. The monoisotopic (exact) mass is 259 g/mol. The third kappa shape index (κ3) is 2.72. The van der Waals surface area contributed by atoms with Gasteiger partial charge in [-0.2, -0.15) is 0 Å². The summed E-state index contributed by atoms with van der Waals surface area (Å²) in [6.45, 7) is 2.01. The van der Waals surface area contributed by atoms with Gasteiger partial charge in [-0.1, -0.05) is 15.9 Å². The number of carbonyl (C=O) groups is 1. The van der Waals surface area contributed by atoms with E-state index in [1.807, 2.05) is 0 Å². The van der Waals surface area contributed by atoms with Crippen molar-refractivity contribution in [2.75, 3.05) is 18.4 Å². The first-order valence-electron chi connectivity index (χ1n) is 5.63. The van der Waals surface area contributed by atoms with Gasteiger partial charge in [-0.3, -0.25) is 4.79 Å². The lowest BCUT2D eigenvalue weighted by molar-refractivity contribution is -0.130. The third-order valence-corrected chi connectivity index (χ3v) is 3.77. The molecule has 1 heterocycles. The van der Waals surface area contributed by atoms with Crippen LogP contribution < -0.4 is 0 Å². The van der Waals surface area contributed by atoms with Crippen LogP contribution in [0.5, 0.6) is 0 Å². The van der Waals surface area contributed by atoms with Crippen molar-refractivity contribution in [2.45, 2.75) is 32.1 Å². The first-order chi connectivity index (χ1) is 6.79. The quantitative estimate of drug-likeness (QED) is 0.711. The number of hydrogen-bond acceptors (Lipinski definition) is 1. The summed E-state index contributed by atoms with van der Waals surface area (Å²) in [7, 11) is 0. The Morgan fingerprint density at radius 3 is 2.71 bits per heavy atom. The Morgan fingerprint density at radius 2 is 2.07 bits per heavy atom. The molecule has 1 atom stereocenters. The highest BCUT2D eigenvalue weighted by atomic mass is 79.9. The molecule has 1 unspecified atom stereocenters. The van der Waals surface area contributed by atoms with Gasteiger partial charge in [-0.05, 0) is 37.5 Å².